The van der Waals surface area contributed by atoms with Crippen molar-refractivity contribution in [3.8, 4) is 0 Å². The minimum atomic E-state index is -0.665. The third-order valence-corrected chi connectivity index (χ3v) is 4.50. The van der Waals surface area contributed by atoms with Crippen LogP contribution in [0.1, 0.15) is 40.2 Å². The number of hydrogen-bond donors (Lipinski definition) is 1. The highest BCUT2D eigenvalue weighted by atomic mass is 19.1. The Morgan fingerprint density at radius 2 is 2.04 bits per heavy atom. The Kier molecular flexibility index (Phi) is 5.18. The number of esters is 1. The third-order valence-electron chi connectivity index (χ3n) is 4.50. The molecule has 0 aliphatic carbocycles. The van der Waals surface area contributed by atoms with E-state index in [1.54, 1.807) is 31.4 Å². The first-order valence-corrected chi connectivity index (χ1v) is 9.13. The fourth-order valence-corrected chi connectivity index (χ4v) is 3.45. The van der Waals surface area contributed by atoms with Gasteiger partial charge in [-0.1, -0.05) is 0 Å². The van der Waals surface area contributed by atoms with E-state index in [0.29, 0.717) is 24.0 Å². The SMILES string of the molecule is CC(=O)O[C@H]1CN(C(=O)OC(C)(C)C)CC[C@@H]1n1c(N)nc2ccc(F)cc21. The molecule has 1 aliphatic rings. The topological polar surface area (TPSA) is 99.7 Å². The molecule has 1 aromatic heterocycles. The number of rotatable bonds is 2. The maximum atomic E-state index is 13.8. The quantitative estimate of drug-likeness (QED) is 0.789. The van der Waals surface area contributed by atoms with Crippen molar-refractivity contribution in [1.82, 2.24) is 14.5 Å². The van der Waals surface area contributed by atoms with Crippen LogP contribution in [0, 0.1) is 5.82 Å². The van der Waals surface area contributed by atoms with Crippen molar-refractivity contribution in [2.45, 2.75) is 51.9 Å². The second-order valence-electron chi connectivity index (χ2n) is 7.90. The van der Waals surface area contributed by atoms with Crippen molar-refractivity contribution in [2.24, 2.45) is 0 Å². The lowest BCUT2D eigenvalue weighted by Crippen LogP contribution is -2.50. The summed E-state index contributed by atoms with van der Waals surface area (Å²) in [5.74, 6) is -0.687. The molecule has 0 bridgehead atoms. The maximum absolute atomic E-state index is 13.8. The van der Waals surface area contributed by atoms with Crippen molar-refractivity contribution in [3.63, 3.8) is 0 Å². The summed E-state index contributed by atoms with van der Waals surface area (Å²) in [7, 11) is 0. The average molecular weight is 392 g/mol. The van der Waals surface area contributed by atoms with E-state index >= 15 is 0 Å². The Bertz CT molecular complexity index is 905. The van der Waals surface area contributed by atoms with Crippen LogP contribution in [0.4, 0.5) is 15.1 Å². The van der Waals surface area contributed by atoms with Crippen LogP contribution in [-0.2, 0) is 14.3 Å². The number of fused-ring (bicyclic) bond motifs is 1. The van der Waals surface area contributed by atoms with Crippen molar-refractivity contribution >= 4 is 29.0 Å². The zero-order chi connectivity index (χ0) is 20.6. The molecule has 1 amide bonds. The van der Waals surface area contributed by atoms with E-state index in [4.69, 9.17) is 15.2 Å². The highest BCUT2D eigenvalue weighted by Crippen LogP contribution is 2.32. The largest absolute Gasteiger partial charge is 0.458 e. The predicted octanol–water partition coefficient (Wildman–Crippen LogP) is 2.87. The zero-order valence-electron chi connectivity index (χ0n) is 16.4. The molecule has 2 N–H and O–H groups in total. The Morgan fingerprint density at radius 1 is 1.32 bits per heavy atom. The Hall–Kier alpha value is -2.84. The molecule has 2 atom stereocenters. The Labute approximate surface area is 162 Å². The normalized spacial score (nSPS) is 20.2. The van der Waals surface area contributed by atoms with Gasteiger partial charge in [0.05, 0.1) is 23.6 Å². The van der Waals surface area contributed by atoms with E-state index in [0.717, 1.165) is 0 Å². The molecule has 0 spiro atoms. The van der Waals surface area contributed by atoms with Gasteiger partial charge in [0.2, 0.25) is 5.95 Å². The van der Waals surface area contributed by atoms with Gasteiger partial charge in [0, 0.05) is 13.5 Å². The van der Waals surface area contributed by atoms with Gasteiger partial charge in [-0.3, -0.25) is 4.79 Å². The summed E-state index contributed by atoms with van der Waals surface area (Å²) in [5.41, 5.74) is 6.53. The van der Waals surface area contributed by atoms with Crippen LogP contribution in [0.3, 0.4) is 0 Å². The van der Waals surface area contributed by atoms with E-state index in [2.05, 4.69) is 4.98 Å². The minimum Gasteiger partial charge on any atom is -0.458 e. The number of ether oxygens (including phenoxy) is 2. The first kappa shape index (κ1) is 19.9. The highest BCUT2D eigenvalue weighted by Gasteiger charge is 2.37. The van der Waals surface area contributed by atoms with Crippen molar-refractivity contribution in [2.75, 3.05) is 18.8 Å². The van der Waals surface area contributed by atoms with Crippen LogP contribution in [0.15, 0.2) is 18.2 Å². The van der Waals surface area contributed by atoms with Gasteiger partial charge in [-0.25, -0.2) is 14.2 Å². The summed E-state index contributed by atoms with van der Waals surface area (Å²) in [6.45, 7) is 7.19. The number of carbonyl (C=O) groups is 2. The molecule has 152 valence electrons. The number of nitrogens with zero attached hydrogens (tertiary/aromatic N) is 3. The van der Waals surface area contributed by atoms with Crippen LogP contribution < -0.4 is 5.73 Å². The molecule has 1 aliphatic heterocycles. The molecule has 28 heavy (non-hydrogen) atoms. The molecule has 0 unspecified atom stereocenters. The smallest absolute Gasteiger partial charge is 0.410 e. The molecule has 8 nitrogen and oxygen atoms in total. The van der Waals surface area contributed by atoms with Crippen molar-refractivity contribution in [1.29, 1.82) is 0 Å². The molecule has 1 aromatic carbocycles. The fraction of sp³-hybridized carbons (Fsp3) is 0.526. The van der Waals surface area contributed by atoms with Gasteiger partial charge in [-0.05, 0) is 45.4 Å². The van der Waals surface area contributed by atoms with Gasteiger partial charge in [-0.2, -0.15) is 0 Å². The number of imidazole rings is 1. The standard InChI is InChI=1S/C19H25FN4O4/c1-11(25)27-16-10-23(18(26)28-19(2,3)4)8-7-14(16)24-15-9-12(20)5-6-13(15)22-17(24)21/h5-6,9,14,16H,7-8,10H2,1-4H3,(H2,21,22)/t14-,16-/m0/s1. The van der Waals surface area contributed by atoms with Crippen molar-refractivity contribution < 1.29 is 23.5 Å². The number of nitrogens with two attached hydrogens (primary N) is 1. The van der Waals surface area contributed by atoms with Crippen LogP contribution in [0.2, 0.25) is 0 Å². The Balaban J connectivity index is 1.92. The van der Waals surface area contributed by atoms with Crippen LogP contribution in [0.5, 0.6) is 0 Å². The number of benzene rings is 1. The first-order chi connectivity index (χ1) is 13.0. The summed E-state index contributed by atoms with van der Waals surface area (Å²) >= 11 is 0. The molecular weight excluding hydrogens is 367 g/mol. The summed E-state index contributed by atoms with van der Waals surface area (Å²) in [5, 5.41) is 0. The predicted molar refractivity (Wildman–Crippen MR) is 101 cm³/mol. The lowest BCUT2D eigenvalue weighted by molar-refractivity contribution is -0.151. The summed E-state index contributed by atoms with van der Waals surface area (Å²) in [6.07, 6.45) is -0.692. The van der Waals surface area contributed by atoms with Gasteiger partial charge < -0.3 is 24.7 Å². The van der Waals surface area contributed by atoms with E-state index in [1.165, 1.54) is 24.0 Å². The van der Waals surface area contributed by atoms with Crippen LogP contribution in [0.25, 0.3) is 11.0 Å². The molecule has 2 aromatic rings. The number of carbonyl (C=O) groups excluding carboxylic acids is 2. The van der Waals surface area contributed by atoms with E-state index < -0.39 is 29.6 Å². The van der Waals surface area contributed by atoms with Crippen LogP contribution >= 0.6 is 0 Å². The molecule has 1 saturated heterocycles. The number of amides is 1. The lowest BCUT2D eigenvalue weighted by atomic mass is 10.0. The van der Waals surface area contributed by atoms with Crippen molar-refractivity contribution in [3.05, 3.63) is 24.0 Å². The van der Waals surface area contributed by atoms with E-state index in [9.17, 15) is 14.0 Å². The number of hydrogen-bond acceptors (Lipinski definition) is 6. The van der Waals surface area contributed by atoms with E-state index in [-0.39, 0.29) is 18.5 Å². The molecule has 0 radical (unpaired) electrons. The summed E-state index contributed by atoms with van der Waals surface area (Å²) in [6, 6.07) is 3.83. The monoisotopic (exact) mass is 392 g/mol. The fourth-order valence-electron chi connectivity index (χ4n) is 3.45. The summed E-state index contributed by atoms with van der Waals surface area (Å²) in [4.78, 5) is 29.9. The lowest BCUT2D eigenvalue weighted by Gasteiger charge is -2.39. The Morgan fingerprint density at radius 3 is 2.68 bits per heavy atom. The number of likely N-dealkylation sites (tertiary alicyclic amines) is 1. The molecular formula is C19H25FN4O4. The van der Waals surface area contributed by atoms with Gasteiger partial charge in [-0.15, -0.1) is 0 Å². The highest BCUT2D eigenvalue weighted by molar-refractivity contribution is 5.78. The number of halogens is 1. The zero-order valence-corrected chi connectivity index (χ0v) is 16.4. The first-order valence-electron chi connectivity index (χ1n) is 9.13. The number of anilines is 1. The van der Waals surface area contributed by atoms with E-state index in [1.807, 2.05) is 0 Å². The summed E-state index contributed by atoms with van der Waals surface area (Å²) < 4.78 is 26.4. The third kappa shape index (κ3) is 4.18. The molecule has 3 rings (SSSR count). The molecule has 0 saturated carbocycles. The molecule has 2 heterocycles. The van der Waals surface area contributed by atoms with Gasteiger partial charge in [0.15, 0.2) is 0 Å². The molecule has 9 heteroatoms. The second-order valence-corrected chi connectivity index (χ2v) is 7.90. The van der Waals surface area contributed by atoms with Crippen LogP contribution in [-0.4, -0.2) is 51.3 Å². The van der Waals surface area contributed by atoms with Gasteiger partial charge in [0.1, 0.15) is 17.5 Å². The second kappa shape index (κ2) is 7.29. The number of aromatic nitrogens is 2. The number of nitrogen functional groups attached to an aromatic ring is 1. The number of piperidine rings is 1. The van der Waals surface area contributed by atoms with Gasteiger partial charge in [0.25, 0.3) is 0 Å². The minimum absolute atomic E-state index is 0.146. The molecule has 1 fully saturated rings. The average Bonchev–Trinajstić information content (AvgIpc) is 2.88. The van der Waals surface area contributed by atoms with Gasteiger partial charge >= 0.3 is 12.1 Å². The maximum Gasteiger partial charge on any atom is 0.410 e.